The van der Waals surface area contributed by atoms with Crippen molar-refractivity contribution in [1.82, 2.24) is 5.32 Å². The summed E-state index contributed by atoms with van der Waals surface area (Å²) < 4.78 is 14.2. The average molecular weight is 266 g/mol. The molecule has 0 saturated heterocycles. The van der Waals surface area contributed by atoms with Crippen molar-refractivity contribution in [2.45, 2.75) is 45.3 Å². The van der Waals surface area contributed by atoms with Crippen LogP contribution in [-0.4, -0.2) is 30.3 Å². The zero-order valence-corrected chi connectivity index (χ0v) is 11.7. The van der Waals surface area contributed by atoms with Crippen LogP contribution < -0.4 is 10.2 Å². The highest BCUT2D eigenvalue weighted by molar-refractivity contribution is 5.56. The summed E-state index contributed by atoms with van der Waals surface area (Å²) >= 11 is 0. The van der Waals surface area contributed by atoms with E-state index in [9.17, 15) is 9.50 Å². The van der Waals surface area contributed by atoms with Crippen molar-refractivity contribution >= 4 is 5.69 Å². The quantitative estimate of drug-likeness (QED) is 0.795. The summed E-state index contributed by atoms with van der Waals surface area (Å²) in [4.78, 5) is 2.02. The summed E-state index contributed by atoms with van der Waals surface area (Å²) in [6.45, 7) is 5.36. The molecular formula is C15H23FN2O. The Morgan fingerprint density at radius 2 is 2.16 bits per heavy atom. The first kappa shape index (κ1) is 14.3. The van der Waals surface area contributed by atoms with E-state index in [1.165, 1.54) is 6.07 Å². The number of benzene rings is 1. The van der Waals surface area contributed by atoms with Crippen molar-refractivity contribution < 1.29 is 9.50 Å². The molecule has 1 saturated carbocycles. The summed E-state index contributed by atoms with van der Waals surface area (Å²) in [6.07, 6.45) is 2.18. The van der Waals surface area contributed by atoms with Gasteiger partial charge in [-0.25, -0.2) is 4.39 Å². The minimum Gasteiger partial charge on any atom is -0.395 e. The topological polar surface area (TPSA) is 35.5 Å². The lowest BCUT2D eigenvalue weighted by Gasteiger charge is -2.27. The van der Waals surface area contributed by atoms with Gasteiger partial charge in [0.25, 0.3) is 0 Å². The van der Waals surface area contributed by atoms with Gasteiger partial charge in [-0.1, -0.05) is 26.0 Å². The zero-order chi connectivity index (χ0) is 13.8. The number of anilines is 1. The number of hydrogen-bond donors (Lipinski definition) is 2. The fourth-order valence-electron chi connectivity index (χ4n) is 2.31. The van der Waals surface area contributed by atoms with Gasteiger partial charge in [0, 0.05) is 25.2 Å². The molecule has 19 heavy (non-hydrogen) atoms. The van der Waals surface area contributed by atoms with Crippen LogP contribution >= 0.6 is 0 Å². The first-order valence-corrected chi connectivity index (χ1v) is 7.01. The molecule has 0 unspecified atom stereocenters. The van der Waals surface area contributed by atoms with Gasteiger partial charge in [0.05, 0.1) is 12.3 Å². The van der Waals surface area contributed by atoms with Crippen molar-refractivity contribution in [3.05, 3.63) is 29.6 Å². The van der Waals surface area contributed by atoms with Gasteiger partial charge in [0.1, 0.15) is 5.82 Å². The van der Waals surface area contributed by atoms with E-state index in [-0.39, 0.29) is 12.4 Å². The van der Waals surface area contributed by atoms with E-state index < -0.39 is 0 Å². The number of nitrogens with one attached hydrogen (secondary N) is 1. The second-order valence-corrected chi connectivity index (χ2v) is 5.43. The van der Waals surface area contributed by atoms with Crippen molar-refractivity contribution in [3.8, 4) is 0 Å². The van der Waals surface area contributed by atoms with Crippen LogP contribution in [0.1, 0.15) is 32.3 Å². The average Bonchev–Trinajstić information content (AvgIpc) is 3.18. The van der Waals surface area contributed by atoms with E-state index in [1.54, 1.807) is 6.07 Å². The number of halogens is 1. The summed E-state index contributed by atoms with van der Waals surface area (Å²) in [5.74, 6) is -0.191. The lowest BCUT2D eigenvalue weighted by molar-refractivity contribution is 0.301. The smallest absolute Gasteiger partial charge is 0.146 e. The van der Waals surface area contributed by atoms with Gasteiger partial charge in [-0.3, -0.25) is 0 Å². The number of aliphatic hydroxyl groups excluding tert-OH is 1. The van der Waals surface area contributed by atoms with Gasteiger partial charge < -0.3 is 15.3 Å². The highest BCUT2D eigenvalue weighted by Gasteiger charge is 2.31. The van der Waals surface area contributed by atoms with Gasteiger partial charge in [-0.15, -0.1) is 0 Å². The molecule has 1 aromatic rings. The minimum absolute atomic E-state index is 0.0574. The number of hydrogen-bond acceptors (Lipinski definition) is 3. The molecule has 3 nitrogen and oxygen atoms in total. The molecule has 1 aliphatic carbocycles. The monoisotopic (exact) mass is 266 g/mol. The molecule has 0 radical (unpaired) electrons. The third-order valence-electron chi connectivity index (χ3n) is 3.39. The summed E-state index contributed by atoms with van der Waals surface area (Å²) in [5, 5.41) is 12.5. The normalized spacial score (nSPS) is 15.0. The van der Waals surface area contributed by atoms with Crippen molar-refractivity contribution in [1.29, 1.82) is 0 Å². The van der Waals surface area contributed by atoms with E-state index in [4.69, 9.17) is 0 Å². The molecule has 2 rings (SSSR count). The molecule has 1 aromatic carbocycles. The summed E-state index contributed by atoms with van der Waals surface area (Å²) in [6, 6.07) is 5.96. The van der Waals surface area contributed by atoms with Crippen molar-refractivity contribution in [3.63, 3.8) is 0 Å². The third-order valence-corrected chi connectivity index (χ3v) is 3.39. The van der Waals surface area contributed by atoms with Crippen LogP contribution in [0.2, 0.25) is 0 Å². The largest absolute Gasteiger partial charge is 0.395 e. The molecule has 0 amide bonds. The molecule has 2 N–H and O–H groups in total. The molecule has 1 fully saturated rings. The Balaban J connectivity index is 2.24. The van der Waals surface area contributed by atoms with Crippen molar-refractivity contribution in [2.24, 2.45) is 0 Å². The third kappa shape index (κ3) is 3.67. The molecule has 0 aliphatic heterocycles. The molecule has 0 atom stereocenters. The van der Waals surface area contributed by atoms with Crippen LogP contribution in [0.5, 0.6) is 0 Å². The highest BCUT2D eigenvalue weighted by Crippen LogP contribution is 2.35. The molecule has 0 aromatic heterocycles. The lowest BCUT2D eigenvalue weighted by atomic mass is 10.1. The molecule has 4 heteroatoms. The first-order valence-electron chi connectivity index (χ1n) is 7.01. The summed E-state index contributed by atoms with van der Waals surface area (Å²) in [7, 11) is 0. The van der Waals surface area contributed by atoms with E-state index in [2.05, 4.69) is 19.2 Å². The predicted molar refractivity (Wildman–Crippen MR) is 75.8 cm³/mol. The number of nitrogens with zero attached hydrogens (tertiary/aromatic N) is 1. The Bertz CT molecular complexity index is 419. The lowest BCUT2D eigenvalue weighted by Crippen LogP contribution is -2.32. The minimum atomic E-state index is -0.191. The Morgan fingerprint density at radius 3 is 2.74 bits per heavy atom. The van der Waals surface area contributed by atoms with Crippen LogP contribution in [0.25, 0.3) is 0 Å². The molecular weight excluding hydrogens is 243 g/mol. The van der Waals surface area contributed by atoms with Gasteiger partial charge in [0.15, 0.2) is 0 Å². The van der Waals surface area contributed by atoms with E-state index in [0.717, 1.165) is 18.4 Å². The second-order valence-electron chi connectivity index (χ2n) is 5.43. The maximum atomic E-state index is 14.2. The fourth-order valence-corrected chi connectivity index (χ4v) is 2.31. The predicted octanol–water partition coefficient (Wildman–Crippen LogP) is 2.28. The number of para-hydroxylation sites is 1. The van der Waals surface area contributed by atoms with E-state index in [1.807, 2.05) is 11.0 Å². The zero-order valence-electron chi connectivity index (χ0n) is 11.7. The van der Waals surface area contributed by atoms with Crippen LogP contribution in [0.3, 0.4) is 0 Å². The van der Waals surface area contributed by atoms with Gasteiger partial charge >= 0.3 is 0 Å². The second kappa shape index (κ2) is 6.35. The first-order chi connectivity index (χ1) is 9.13. The standard InChI is InChI=1S/C15H23FN2O/c1-11(2)17-10-12-4-3-5-14(16)15(12)18(8-9-19)13-6-7-13/h3-5,11,13,17,19H,6-10H2,1-2H3. The molecule has 0 spiro atoms. The molecule has 0 bridgehead atoms. The van der Waals surface area contributed by atoms with Crippen LogP contribution in [0, 0.1) is 5.82 Å². The maximum absolute atomic E-state index is 14.2. The Morgan fingerprint density at radius 1 is 1.42 bits per heavy atom. The van der Waals surface area contributed by atoms with Crippen LogP contribution in [0.4, 0.5) is 10.1 Å². The van der Waals surface area contributed by atoms with Gasteiger partial charge in [0.2, 0.25) is 0 Å². The Kier molecular flexibility index (Phi) is 4.77. The highest BCUT2D eigenvalue weighted by atomic mass is 19.1. The molecule has 0 heterocycles. The van der Waals surface area contributed by atoms with E-state index in [0.29, 0.717) is 30.9 Å². The fraction of sp³-hybridized carbons (Fsp3) is 0.600. The van der Waals surface area contributed by atoms with Gasteiger partial charge in [-0.2, -0.15) is 0 Å². The maximum Gasteiger partial charge on any atom is 0.146 e. The Hall–Kier alpha value is -1.13. The number of rotatable bonds is 7. The van der Waals surface area contributed by atoms with Crippen LogP contribution in [0.15, 0.2) is 18.2 Å². The Labute approximate surface area is 114 Å². The SMILES string of the molecule is CC(C)NCc1cccc(F)c1N(CCO)C1CC1. The summed E-state index contributed by atoms with van der Waals surface area (Å²) in [5.41, 5.74) is 1.63. The molecule has 1 aliphatic rings. The molecule has 106 valence electrons. The van der Waals surface area contributed by atoms with Crippen molar-refractivity contribution in [2.75, 3.05) is 18.1 Å². The van der Waals surface area contributed by atoms with E-state index >= 15 is 0 Å². The number of aliphatic hydroxyl groups is 1. The van der Waals surface area contributed by atoms with Crippen LogP contribution in [-0.2, 0) is 6.54 Å². The van der Waals surface area contributed by atoms with Gasteiger partial charge in [-0.05, 0) is 24.5 Å².